The van der Waals surface area contributed by atoms with Gasteiger partial charge in [0.2, 0.25) is 12.3 Å². The number of amides is 1. The van der Waals surface area contributed by atoms with Gasteiger partial charge in [0.25, 0.3) is 15.9 Å². The van der Waals surface area contributed by atoms with Crippen LogP contribution in [0.15, 0.2) is 82.4 Å². The van der Waals surface area contributed by atoms with Crippen molar-refractivity contribution in [3.8, 4) is 11.5 Å². The Bertz CT molecular complexity index is 1350. The van der Waals surface area contributed by atoms with Crippen molar-refractivity contribution in [3.05, 3.63) is 89.8 Å². The van der Waals surface area contributed by atoms with E-state index in [1.165, 1.54) is 6.39 Å². The van der Waals surface area contributed by atoms with Gasteiger partial charge >= 0.3 is 0 Å². The summed E-state index contributed by atoms with van der Waals surface area (Å²) < 4.78 is 33.2. The van der Waals surface area contributed by atoms with Crippen molar-refractivity contribution in [1.82, 2.24) is 10.2 Å². The highest BCUT2D eigenvalue weighted by Gasteiger charge is 2.17. The summed E-state index contributed by atoms with van der Waals surface area (Å²) in [4.78, 5) is 12.8. The number of hydrogen-bond donors (Lipinski definition) is 2. The number of nitrogens with zero attached hydrogens (tertiary/aromatic N) is 2. The predicted molar refractivity (Wildman–Crippen MR) is 121 cm³/mol. The maximum Gasteiger partial charge on any atom is 0.262 e. The third kappa shape index (κ3) is 4.68. The molecule has 1 heterocycles. The van der Waals surface area contributed by atoms with Crippen molar-refractivity contribution >= 4 is 27.3 Å². The van der Waals surface area contributed by atoms with Crippen LogP contribution in [0.25, 0.3) is 11.5 Å². The van der Waals surface area contributed by atoms with Crippen molar-refractivity contribution in [2.24, 2.45) is 0 Å². The van der Waals surface area contributed by atoms with Crippen LogP contribution in [0.4, 0.5) is 11.4 Å². The number of aryl methyl sites for hydroxylation is 2. The average Bonchev–Trinajstić information content (AvgIpc) is 3.31. The molecule has 2 N–H and O–H groups in total. The third-order valence-corrected chi connectivity index (χ3v) is 6.31. The molecule has 0 saturated carbocycles. The highest BCUT2D eigenvalue weighted by molar-refractivity contribution is 7.92. The minimum atomic E-state index is -3.74. The summed E-state index contributed by atoms with van der Waals surface area (Å²) in [5.41, 5.74) is 3.60. The van der Waals surface area contributed by atoms with Crippen LogP contribution < -0.4 is 10.0 Å². The second-order valence-electron chi connectivity index (χ2n) is 7.23. The molecule has 32 heavy (non-hydrogen) atoms. The first-order valence-electron chi connectivity index (χ1n) is 9.70. The second kappa shape index (κ2) is 8.64. The fourth-order valence-corrected chi connectivity index (χ4v) is 4.48. The van der Waals surface area contributed by atoms with E-state index in [2.05, 4.69) is 20.2 Å². The fourth-order valence-electron chi connectivity index (χ4n) is 3.09. The van der Waals surface area contributed by atoms with Gasteiger partial charge in [0, 0.05) is 22.5 Å². The molecule has 1 aromatic heterocycles. The predicted octanol–water partition coefficient (Wildman–Crippen LogP) is 4.41. The molecule has 0 radical (unpaired) electrons. The fraction of sp³-hybridized carbons (Fsp3) is 0.0870. The Morgan fingerprint density at radius 3 is 2.25 bits per heavy atom. The van der Waals surface area contributed by atoms with Crippen molar-refractivity contribution in [3.63, 3.8) is 0 Å². The van der Waals surface area contributed by atoms with Gasteiger partial charge in [-0.3, -0.25) is 9.52 Å². The number of carbonyl (C=O) groups excluding carboxylic acids is 1. The summed E-state index contributed by atoms with van der Waals surface area (Å²) in [7, 11) is -3.74. The molecule has 0 aliphatic rings. The minimum absolute atomic E-state index is 0.225. The number of nitrogens with one attached hydrogen (secondary N) is 2. The zero-order valence-corrected chi connectivity index (χ0v) is 18.2. The van der Waals surface area contributed by atoms with Crippen molar-refractivity contribution in [1.29, 1.82) is 0 Å². The van der Waals surface area contributed by atoms with Gasteiger partial charge in [-0.05, 0) is 79.6 Å². The first-order valence-corrected chi connectivity index (χ1v) is 11.2. The van der Waals surface area contributed by atoms with Crippen molar-refractivity contribution in [2.75, 3.05) is 10.0 Å². The monoisotopic (exact) mass is 448 g/mol. The molecule has 1 amide bonds. The molecule has 162 valence electrons. The molecule has 0 saturated heterocycles. The summed E-state index contributed by atoms with van der Waals surface area (Å²) in [6.07, 6.45) is 1.25. The second-order valence-corrected chi connectivity index (χ2v) is 8.88. The Hall–Kier alpha value is -3.98. The summed E-state index contributed by atoms with van der Waals surface area (Å²) >= 11 is 0. The van der Waals surface area contributed by atoms with Gasteiger partial charge in [-0.15, -0.1) is 10.2 Å². The standard InChI is InChI=1S/C23H20N4O4S/c1-15-3-4-16(2)21(13-15)32(29,30)27-20-11-5-17(6-12-20)22(28)25-19-9-7-18(8-10-19)23-26-24-14-31-23/h3-14,27H,1-2H3,(H,25,28). The van der Waals surface area contributed by atoms with Gasteiger partial charge < -0.3 is 9.73 Å². The Morgan fingerprint density at radius 1 is 0.906 bits per heavy atom. The van der Waals surface area contributed by atoms with Gasteiger partial charge in [0.1, 0.15) is 0 Å². The lowest BCUT2D eigenvalue weighted by Gasteiger charge is -2.12. The lowest BCUT2D eigenvalue weighted by atomic mass is 10.1. The van der Waals surface area contributed by atoms with Gasteiger partial charge in [-0.2, -0.15) is 0 Å². The average molecular weight is 449 g/mol. The molecule has 0 fully saturated rings. The van der Waals surface area contributed by atoms with E-state index in [9.17, 15) is 13.2 Å². The number of hydrogen-bond acceptors (Lipinski definition) is 6. The number of rotatable bonds is 6. The quantitative estimate of drug-likeness (QED) is 0.452. The Morgan fingerprint density at radius 2 is 1.59 bits per heavy atom. The highest BCUT2D eigenvalue weighted by atomic mass is 32.2. The van der Waals surface area contributed by atoms with Crippen LogP contribution in [0.3, 0.4) is 0 Å². The maximum absolute atomic E-state index is 12.7. The van der Waals surface area contributed by atoms with E-state index in [0.717, 1.165) is 11.1 Å². The van der Waals surface area contributed by atoms with Crippen LogP contribution in [-0.2, 0) is 10.0 Å². The first kappa shape index (κ1) is 21.3. The van der Waals surface area contributed by atoms with Crippen LogP contribution >= 0.6 is 0 Å². The summed E-state index contributed by atoms with van der Waals surface area (Å²) in [6.45, 7) is 3.58. The van der Waals surface area contributed by atoms with Crippen LogP contribution in [0, 0.1) is 13.8 Å². The molecule has 4 rings (SSSR count). The van der Waals surface area contributed by atoms with E-state index in [0.29, 0.717) is 28.4 Å². The van der Waals surface area contributed by atoms with E-state index in [4.69, 9.17) is 4.42 Å². The first-order chi connectivity index (χ1) is 15.3. The zero-order valence-electron chi connectivity index (χ0n) is 17.4. The van der Waals surface area contributed by atoms with Crippen LogP contribution in [0.2, 0.25) is 0 Å². The highest BCUT2D eigenvalue weighted by Crippen LogP contribution is 2.22. The van der Waals surface area contributed by atoms with Crippen LogP contribution in [-0.4, -0.2) is 24.5 Å². The molecule has 8 nitrogen and oxygen atoms in total. The Kier molecular flexibility index (Phi) is 5.74. The van der Waals surface area contributed by atoms with E-state index >= 15 is 0 Å². The molecule has 9 heteroatoms. The topological polar surface area (TPSA) is 114 Å². The van der Waals surface area contributed by atoms with Gasteiger partial charge in [0.05, 0.1) is 4.90 Å². The lowest BCUT2D eigenvalue weighted by molar-refractivity contribution is 0.102. The normalized spacial score (nSPS) is 11.2. The number of aromatic nitrogens is 2. The molecule has 0 spiro atoms. The number of carbonyl (C=O) groups is 1. The molecular formula is C23H20N4O4S. The summed E-state index contributed by atoms with van der Waals surface area (Å²) in [6, 6.07) is 18.4. The smallest absolute Gasteiger partial charge is 0.262 e. The van der Waals surface area contributed by atoms with E-state index in [1.54, 1.807) is 67.6 Å². The van der Waals surface area contributed by atoms with Crippen LogP contribution in [0.5, 0.6) is 0 Å². The summed E-state index contributed by atoms with van der Waals surface area (Å²) in [5.74, 6) is 0.0706. The molecule has 0 bridgehead atoms. The zero-order chi connectivity index (χ0) is 22.7. The molecule has 0 aliphatic carbocycles. The maximum atomic E-state index is 12.7. The van der Waals surface area contributed by atoms with Crippen molar-refractivity contribution in [2.45, 2.75) is 18.7 Å². The SMILES string of the molecule is Cc1ccc(C)c(S(=O)(=O)Nc2ccc(C(=O)Nc3ccc(-c4nnco4)cc3)cc2)c1. The van der Waals surface area contributed by atoms with Crippen LogP contribution in [0.1, 0.15) is 21.5 Å². The van der Waals surface area contributed by atoms with E-state index < -0.39 is 10.0 Å². The van der Waals surface area contributed by atoms with Gasteiger partial charge in [-0.1, -0.05) is 12.1 Å². The minimum Gasteiger partial charge on any atom is -0.423 e. The van der Waals surface area contributed by atoms with Crippen molar-refractivity contribution < 1.29 is 17.6 Å². The Labute approximate surface area is 185 Å². The van der Waals surface area contributed by atoms with E-state index in [-0.39, 0.29) is 10.8 Å². The van der Waals surface area contributed by atoms with Gasteiger partial charge in [0.15, 0.2) is 0 Å². The summed E-state index contributed by atoms with van der Waals surface area (Å²) in [5, 5.41) is 10.3. The third-order valence-electron chi connectivity index (χ3n) is 4.78. The molecule has 0 aliphatic heterocycles. The lowest BCUT2D eigenvalue weighted by Crippen LogP contribution is -2.15. The van der Waals surface area contributed by atoms with E-state index in [1.807, 2.05) is 13.0 Å². The number of sulfonamides is 1. The molecule has 4 aromatic rings. The largest absolute Gasteiger partial charge is 0.423 e. The molecular weight excluding hydrogens is 428 g/mol. The Balaban J connectivity index is 1.44. The number of benzene rings is 3. The molecule has 0 unspecified atom stereocenters. The molecule has 0 atom stereocenters. The van der Waals surface area contributed by atoms with Gasteiger partial charge in [-0.25, -0.2) is 8.42 Å². The molecule has 3 aromatic carbocycles. The number of anilines is 2.